The summed E-state index contributed by atoms with van der Waals surface area (Å²) in [5.41, 5.74) is 0.878. The molecule has 0 aliphatic heterocycles. The number of halogens is 2. The Hall–Kier alpha value is -1.88. The van der Waals surface area contributed by atoms with Crippen molar-refractivity contribution in [2.75, 3.05) is 17.7 Å². The molecule has 0 amide bonds. The highest BCUT2D eigenvalue weighted by Gasteiger charge is 2.06. The molecule has 6 heteroatoms. The predicted octanol–water partition coefficient (Wildman–Crippen LogP) is 2.92. The first-order valence-electron chi connectivity index (χ1n) is 5.38. The predicted molar refractivity (Wildman–Crippen MR) is 70.3 cm³/mol. The Morgan fingerprint density at radius 2 is 2.11 bits per heavy atom. The lowest BCUT2D eigenvalue weighted by molar-refractivity contribution is 0.617. The topological polar surface area (TPSA) is 49.8 Å². The van der Waals surface area contributed by atoms with Gasteiger partial charge in [0.05, 0.1) is 6.20 Å². The molecule has 0 aliphatic carbocycles. The van der Waals surface area contributed by atoms with Crippen molar-refractivity contribution in [1.82, 2.24) is 9.97 Å². The van der Waals surface area contributed by atoms with Crippen LogP contribution in [0.1, 0.15) is 5.56 Å². The van der Waals surface area contributed by atoms with E-state index in [1.165, 1.54) is 0 Å². The second-order valence-electron chi connectivity index (χ2n) is 3.59. The summed E-state index contributed by atoms with van der Waals surface area (Å²) in [6.45, 7) is 0.400. The summed E-state index contributed by atoms with van der Waals surface area (Å²) < 4.78 is 13.5. The molecule has 2 aromatic rings. The lowest BCUT2D eigenvalue weighted by Crippen LogP contribution is -2.07. The third-order valence-electron chi connectivity index (χ3n) is 2.37. The van der Waals surface area contributed by atoms with Crippen LogP contribution in [0.5, 0.6) is 0 Å². The van der Waals surface area contributed by atoms with E-state index in [0.717, 1.165) is 11.8 Å². The number of rotatable bonds is 4. The van der Waals surface area contributed by atoms with Gasteiger partial charge >= 0.3 is 0 Å². The molecule has 0 aliphatic rings. The lowest BCUT2D eigenvalue weighted by atomic mass is 10.2. The van der Waals surface area contributed by atoms with Crippen LogP contribution in [0.4, 0.5) is 16.2 Å². The maximum Gasteiger partial charge on any atom is 0.224 e. The average molecular weight is 267 g/mol. The first kappa shape index (κ1) is 12.6. The number of aromatic nitrogens is 2. The number of nitrogens with one attached hydrogen (secondary N) is 2. The van der Waals surface area contributed by atoms with E-state index >= 15 is 0 Å². The highest BCUT2D eigenvalue weighted by Crippen LogP contribution is 2.17. The van der Waals surface area contributed by atoms with Gasteiger partial charge in [-0.1, -0.05) is 29.8 Å². The van der Waals surface area contributed by atoms with E-state index in [1.54, 1.807) is 13.1 Å². The standard InChI is InChI=1S/C12H12ClFN4/c1-15-12-17-7-10(14)11(18-12)16-6-8-4-2-3-5-9(8)13/h2-5,7H,6H2,1H3,(H2,15,16,17,18). The molecule has 1 aromatic heterocycles. The van der Waals surface area contributed by atoms with Crippen LogP contribution in [0.25, 0.3) is 0 Å². The summed E-state index contributed by atoms with van der Waals surface area (Å²) in [7, 11) is 1.67. The molecule has 0 radical (unpaired) electrons. The third-order valence-corrected chi connectivity index (χ3v) is 2.74. The van der Waals surface area contributed by atoms with E-state index in [2.05, 4.69) is 20.6 Å². The molecule has 4 nitrogen and oxygen atoms in total. The molecular weight excluding hydrogens is 255 g/mol. The Morgan fingerprint density at radius 1 is 1.33 bits per heavy atom. The molecule has 1 aromatic carbocycles. The van der Waals surface area contributed by atoms with Crippen LogP contribution in [-0.4, -0.2) is 17.0 Å². The number of benzene rings is 1. The molecule has 94 valence electrons. The minimum Gasteiger partial charge on any atom is -0.363 e. The van der Waals surface area contributed by atoms with Crippen molar-refractivity contribution >= 4 is 23.4 Å². The minimum absolute atomic E-state index is 0.147. The van der Waals surface area contributed by atoms with Crippen LogP contribution in [0.3, 0.4) is 0 Å². The fraction of sp³-hybridized carbons (Fsp3) is 0.167. The van der Waals surface area contributed by atoms with Crippen molar-refractivity contribution in [2.45, 2.75) is 6.54 Å². The van der Waals surface area contributed by atoms with Crippen LogP contribution in [0.15, 0.2) is 30.5 Å². The quantitative estimate of drug-likeness (QED) is 0.893. The fourth-order valence-electron chi connectivity index (χ4n) is 1.43. The van der Waals surface area contributed by atoms with Crippen molar-refractivity contribution in [3.05, 3.63) is 46.9 Å². The highest BCUT2D eigenvalue weighted by molar-refractivity contribution is 6.31. The van der Waals surface area contributed by atoms with E-state index < -0.39 is 5.82 Å². The van der Waals surface area contributed by atoms with Crippen LogP contribution in [0.2, 0.25) is 5.02 Å². The van der Waals surface area contributed by atoms with E-state index in [4.69, 9.17) is 11.6 Å². The molecule has 0 saturated heterocycles. The van der Waals surface area contributed by atoms with Gasteiger partial charge in [-0.25, -0.2) is 9.37 Å². The Labute approximate surface area is 109 Å². The molecular formula is C12H12ClFN4. The zero-order valence-corrected chi connectivity index (χ0v) is 10.5. The van der Waals surface area contributed by atoms with E-state index in [0.29, 0.717) is 17.5 Å². The van der Waals surface area contributed by atoms with Crippen molar-refractivity contribution < 1.29 is 4.39 Å². The second-order valence-corrected chi connectivity index (χ2v) is 3.99. The van der Waals surface area contributed by atoms with Gasteiger partial charge in [0, 0.05) is 18.6 Å². The maximum absolute atomic E-state index is 13.5. The van der Waals surface area contributed by atoms with Gasteiger partial charge < -0.3 is 10.6 Å². The number of hydrogen-bond donors (Lipinski definition) is 2. The van der Waals surface area contributed by atoms with Crippen LogP contribution in [0, 0.1) is 5.82 Å². The lowest BCUT2D eigenvalue weighted by Gasteiger charge is -2.08. The van der Waals surface area contributed by atoms with Gasteiger partial charge in [0.25, 0.3) is 0 Å². The monoisotopic (exact) mass is 266 g/mol. The van der Waals surface area contributed by atoms with Gasteiger partial charge in [0.1, 0.15) is 0 Å². The maximum atomic E-state index is 13.5. The fourth-order valence-corrected chi connectivity index (χ4v) is 1.63. The number of anilines is 2. The Balaban J connectivity index is 2.13. The molecule has 0 unspecified atom stereocenters. The van der Waals surface area contributed by atoms with Crippen LogP contribution >= 0.6 is 11.6 Å². The molecule has 0 fully saturated rings. The number of nitrogens with zero attached hydrogens (tertiary/aromatic N) is 2. The molecule has 0 atom stereocenters. The summed E-state index contributed by atoms with van der Waals surface area (Å²) in [4.78, 5) is 7.75. The first-order valence-corrected chi connectivity index (χ1v) is 5.76. The van der Waals surface area contributed by atoms with E-state index in [9.17, 15) is 4.39 Å². The van der Waals surface area contributed by atoms with Gasteiger partial charge in [-0.3, -0.25) is 0 Å². The summed E-state index contributed by atoms with van der Waals surface area (Å²) in [5.74, 6) is 0.00776. The van der Waals surface area contributed by atoms with Gasteiger partial charge in [-0.2, -0.15) is 4.98 Å². The summed E-state index contributed by atoms with van der Waals surface area (Å²) in [5, 5.41) is 6.28. The Morgan fingerprint density at radius 3 is 2.83 bits per heavy atom. The van der Waals surface area contributed by atoms with Crippen molar-refractivity contribution in [2.24, 2.45) is 0 Å². The molecule has 1 heterocycles. The second kappa shape index (κ2) is 5.64. The van der Waals surface area contributed by atoms with E-state index in [1.807, 2.05) is 18.2 Å². The summed E-state index contributed by atoms with van der Waals surface area (Å²) in [6, 6.07) is 7.37. The molecule has 0 spiro atoms. The zero-order chi connectivity index (χ0) is 13.0. The molecule has 0 bridgehead atoms. The largest absolute Gasteiger partial charge is 0.363 e. The van der Waals surface area contributed by atoms with Crippen molar-refractivity contribution in [1.29, 1.82) is 0 Å². The molecule has 18 heavy (non-hydrogen) atoms. The van der Waals surface area contributed by atoms with Crippen LogP contribution < -0.4 is 10.6 Å². The van der Waals surface area contributed by atoms with Gasteiger partial charge in [0.15, 0.2) is 11.6 Å². The normalized spacial score (nSPS) is 10.2. The third kappa shape index (κ3) is 2.87. The zero-order valence-electron chi connectivity index (χ0n) is 9.74. The van der Waals surface area contributed by atoms with Crippen molar-refractivity contribution in [3.63, 3.8) is 0 Å². The van der Waals surface area contributed by atoms with Gasteiger partial charge in [-0.15, -0.1) is 0 Å². The molecule has 0 saturated carbocycles. The summed E-state index contributed by atoms with van der Waals surface area (Å²) in [6.07, 6.45) is 1.12. The van der Waals surface area contributed by atoms with Gasteiger partial charge in [0.2, 0.25) is 5.95 Å². The van der Waals surface area contributed by atoms with Crippen molar-refractivity contribution in [3.8, 4) is 0 Å². The smallest absolute Gasteiger partial charge is 0.224 e. The minimum atomic E-state index is -0.499. The molecule has 2 N–H and O–H groups in total. The SMILES string of the molecule is CNc1ncc(F)c(NCc2ccccc2Cl)n1. The average Bonchev–Trinajstić information content (AvgIpc) is 2.39. The van der Waals surface area contributed by atoms with E-state index in [-0.39, 0.29) is 5.82 Å². The first-order chi connectivity index (χ1) is 8.70. The summed E-state index contributed by atoms with van der Waals surface area (Å²) >= 11 is 6.01. The molecule has 2 rings (SSSR count). The number of hydrogen-bond acceptors (Lipinski definition) is 4. The highest BCUT2D eigenvalue weighted by atomic mass is 35.5. The Kier molecular flexibility index (Phi) is 3.94. The Bertz CT molecular complexity index is 547. The van der Waals surface area contributed by atoms with Crippen LogP contribution in [-0.2, 0) is 6.54 Å². The van der Waals surface area contributed by atoms with Gasteiger partial charge in [-0.05, 0) is 11.6 Å².